The lowest BCUT2D eigenvalue weighted by Crippen LogP contribution is -2.15. The van der Waals surface area contributed by atoms with Crippen LogP contribution in [0.25, 0.3) is 0 Å². The fraction of sp³-hybridized carbons (Fsp3) is 0.538. The Morgan fingerprint density at radius 2 is 2.10 bits per heavy atom. The Hall–Kier alpha value is -1.68. The summed E-state index contributed by atoms with van der Waals surface area (Å²) < 4.78 is 39.2. The second kappa shape index (κ2) is 7.36. The van der Waals surface area contributed by atoms with Gasteiger partial charge in [0.2, 0.25) is 5.91 Å². The van der Waals surface area contributed by atoms with Crippen molar-refractivity contribution in [2.75, 3.05) is 5.32 Å². The van der Waals surface area contributed by atoms with Gasteiger partial charge in [-0.25, -0.2) is 0 Å². The van der Waals surface area contributed by atoms with E-state index in [4.69, 9.17) is 18.0 Å². The van der Waals surface area contributed by atoms with Crippen LogP contribution in [0.2, 0.25) is 5.15 Å². The zero-order valence-electron chi connectivity index (χ0n) is 11.4. The molecule has 1 amide bonds. The maximum absolute atomic E-state index is 12.8. The Labute approximate surface area is 125 Å². The molecule has 1 N–H and O–H groups in total. The molecule has 0 unspecified atom stereocenters. The van der Waals surface area contributed by atoms with Gasteiger partial charge < -0.3 is 5.32 Å². The van der Waals surface area contributed by atoms with Crippen LogP contribution in [0.4, 0.5) is 18.9 Å². The SMILES string of the molecule is C#CCCCCCC(=O)Nc1c(C(F)(F)F)nn(C)c1Cl. The van der Waals surface area contributed by atoms with Crippen LogP contribution < -0.4 is 5.32 Å². The lowest BCUT2D eigenvalue weighted by Gasteiger charge is -2.08. The molecule has 0 bridgehead atoms. The summed E-state index contributed by atoms with van der Waals surface area (Å²) in [7, 11) is 1.27. The molecular formula is C13H15ClF3N3O. The third kappa shape index (κ3) is 4.97. The zero-order chi connectivity index (χ0) is 16.0. The van der Waals surface area contributed by atoms with Crippen LogP contribution in [0.3, 0.4) is 0 Å². The van der Waals surface area contributed by atoms with Gasteiger partial charge >= 0.3 is 6.18 Å². The minimum atomic E-state index is -4.68. The van der Waals surface area contributed by atoms with Gasteiger partial charge in [-0.1, -0.05) is 18.0 Å². The molecule has 1 rings (SSSR count). The van der Waals surface area contributed by atoms with Gasteiger partial charge in [-0.3, -0.25) is 9.48 Å². The van der Waals surface area contributed by atoms with Crippen LogP contribution in [-0.2, 0) is 18.0 Å². The quantitative estimate of drug-likeness (QED) is 0.642. The average Bonchev–Trinajstić information content (AvgIpc) is 2.66. The van der Waals surface area contributed by atoms with Crippen LogP contribution >= 0.6 is 11.6 Å². The summed E-state index contributed by atoms with van der Waals surface area (Å²) in [5.41, 5.74) is -1.70. The monoisotopic (exact) mass is 321 g/mol. The molecule has 0 fully saturated rings. The summed E-state index contributed by atoms with van der Waals surface area (Å²) in [6.07, 6.45) is 3.20. The zero-order valence-corrected chi connectivity index (χ0v) is 12.2. The predicted molar refractivity (Wildman–Crippen MR) is 73.8 cm³/mol. The minimum Gasteiger partial charge on any atom is -0.322 e. The van der Waals surface area contributed by atoms with E-state index in [2.05, 4.69) is 16.3 Å². The molecule has 116 valence electrons. The highest BCUT2D eigenvalue weighted by Gasteiger charge is 2.39. The van der Waals surface area contributed by atoms with E-state index in [1.165, 1.54) is 7.05 Å². The molecular weight excluding hydrogens is 307 g/mol. The Kier molecular flexibility index (Phi) is 6.09. The lowest BCUT2D eigenvalue weighted by atomic mass is 10.1. The fourth-order valence-electron chi connectivity index (χ4n) is 1.70. The number of alkyl halides is 3. The maximum atomic E-state index is 12.8. The fourth-order valence-corrected chi connectivity index (χ4v) is 1.88. The van der Waals surface area contributed by atoms with Crippen LogP contribution in [0.5, 0.6) is 0 Å². The molecule has 1 aromatic heterocycles. The van der Waals surface area contributed by atoms with Crippen molar-refractivity contribution in [3.63, 3.8) is 0 Å². The van der Waals surface area contributed by atoms with Crippen molar-refractivity contribution in [2.45, 2.75) is 38.3 Å². The Balaban J connectivity index is 2.66. The second-order valence-corrected chi connectivity index (χ2v) is 4.81. The number of anilines is 1. The minimum absolute atomic E-state index is 0.104. The second-order valence-electron chi connectivity index (χ2n) is 4.45. The molecule has 0 saturated heterocycles. The first-order chi connectivity index (χ1) is 9.77. The number of nitrogens with one attached hydrogen (secondary N) is 1. The molecule has 0 atom stereocenters. The summed E-state index contributed by atoms with van der Waals surface area (Å²) in [6.45, 7) is 0. The van der Waals surface area contributed by atoms with E-state index >= 15 is 0 Å². The Morgan fingerprint density at radius 1 is 1.43 bits per heavy atom. The lowest BCUT2D eigenvalue weighted by molar-refractivity contribution is -0.140. The van der Waals surface area contributed by atoms with Gasteiger partial charge in [-0.15, -0.1) is 12.3 Å². The highest BCUT2D eigenvalue weighted by molar-refractivity contribution is 6.32. The number of halogens is 4. The van der Waals surface area contributed by atoms with Gasteiger partial charge in [0.15, 0.2) is 10.8 Å². The molecule has 0 saturated carbocycles. The Morgan fingerprint density at radius 3 is 2.67 bits per heavy atom. The van der Waals surface area contributed by atoms with Crippen LogP contribution in [0, 0.1) is 12.3 Å². The molecule has 1 heterocycles. The summed E-state index contributed by atoms with van der Waals surface area (Å²) >= 11 is 5.73. The number of hydrogen-bond acceptors (Lipinski definition) is 2. The molecule has 21 heavy (non-hydrogen) atoms. The number of aryl methyl sites for hydroxylation is 1. The first kappa shape index (κ1) is 17.4. The molecule has 0 radical (unpaired) electrons. The standard InChI is InChI=1S/C13H15ClF3N3O/c1-3-4-5-6-7-8-9(21)18-10-11(13(15,16)17)19-20(2)12(10)14/h1H,4-8H2,2H3,(H,18,21). The predicted octanol–water partition coefficient (Wildman–Crippen LogP) is 3.61. The van der Waals surface area contributed by atoms with Crippen molar-refractivity contribution in [2.24, 2.45) is 7.05 Å². The summed E-state index contributed by atoms with van der Waals surface area (Å²) in [6, 6.07) is 0. The molecule has 0 spiro atoms. The van der Waals surface area contributed by atoms with E-state index < -0.39 is 23.5 Å². The van der Waals surface area contributed by atoms with E-state index in [9.17, 15) is 18.0 Å². The largest absolute Gasteiger partial charge is 0.437 e. The summed E-state index contributed by atoms with van der Waals surface area (Å²) in [5, 5.41) is 5.20. The third-order valence-electron chi connectivity index (χ3n) is 2.74. The number of rotatable bonds is 6. The number of carbonyl (C=O) groups excluding carboxylic acids is 1. The van der Waals surface area contributed by atoms with Crippen molar-refractivity contribution < 1.29 is 18.0 Å². The van der Waals surface area contributed by atoms with E-state index in [1.807, 2.05) is 0 Å². The first-order valence-corrected chi connectivity index (χ1v) is 6.68. The number of nitrogens with zero attached hydrogens (tertiary/aromatic N) is 2. The van der Waals surface area contributed by atoms with Gasteiger partial charge in [0.25, 0.3) is 0 Å². The normalized spacial score (nSPS) is 11.2. The Bertz CT molecular complexity index is 546. The smallest absolute Gasteiger partial charge is 0.322 e. The van der Waals surface area contributed by atoms with Gasteiger partial charge in [0, 0.05) is 19.9 Å². The first-order valence-electron chi connectivity index (χ1n) is 6.30. The molecule has 4 nitrogen and oxygen atoms in total. The molecule has 0 aliphatic carbocycles. The van der Waals surface area contributed by atoms with Crippen molar-refractivity contribution >= 4 is 23.2 Å². The van der Waals surface area contributed by atoms with Crippen LogP contribution in [0.15, 0.2) is 0 Å². The number of aromatic nitrogens is 2. The van der Waals surface area contributed by atoms with Gasteiger partial charge in [0.1, 0.15) is 5.69 Å². The molecule has 0 aromatic carbocycles. The number of carbonyl (C=O) groups is 1. The van der Waals surface area contributed by atoms with E-state index in [0.717, 1.165) is 17.5 Å². The highest BCUT2D eigenvalue weighted by atomic mass is 35.5. The van der Waals surface area contributed by atoms with Gasteiger partial charge in [-0.2, -0.15) is 18.3 Å². The van der Waals surface area contributed by atoms with Crippen LogP contribution in [0.1, 0.15) is 37.8 Å². The highest BCUT2D eigenvalue weighted by Crippen LogP contribution is 2.37. The van der Waals surface area contributed by atoms with Gasteiger partial charge in [0.05, 0.1) is 0 Å². The third-order valence-corrected chi connectivity index (χ3v) is 3.17. The van der Waals surface area contributed by atoms with Crippen molar-refractivity contribution in [3.05, 3.63) is 10.8 Å². The van der Waals surface area contributed by atoms with Crippen LogP contribution in [-0.4, -0.2) is 15.7 Å². The molecule has 0 aliphatic rings. The summed E-state index contributed by atoms with van der Waals surface area (Å²) in [5.74, 6) is 1.94. The van der Waals surface area contributed by atoms with Crippen molar-refractivity contribution in [1.82, 2.24) is 9.78 Å². The summed E-state index contributed by atoms with van der Waals surface area (Å²) in [4.78, 5) is 11.7. The number of amides is 1. The topological polar surface area (TPSA) is 46.9 Å². The molecule has 0 aliphatic heterocycles. The van der Waals surface area contributed by atoms with Gasteiger partial charge in [-0.05, 0) is 12.8 Å². The average molecular weight is 322 g/mol. The van der Waals surface area contributed by atoms with Crippen molar-refractivity contribution in [3.8, 4) is 12.3 Å². The van der Waals surface area contributed by atoms with E-state index in [0.29, 0.717) is 12.8 Å². The number of unbranched alkanes of at least 4 members (excludes halogenated alkanes) is 3. The van der Waals surface area contributed by atoms with E-state index in [1.54, 1.807) is 0 Å². The van der Waals surface area contributed by atoms with E-state index in [-0.39, 0.29) is 11.6 Å². The number of hydrogen-bond donors (Lipinski definition) is 1. The maximum Gasteiger partial charge on any atom is 0.437 e. The molecule has 1 aromatic rings. The number of terminal acetylenes is 1. The van der Waals surface area contributed by atoms with Crippen molar-refractivity contribution in [1.29, 1.82) is 0 Å². The molecule has 8 heteroatoms.